The van der Waals surface area contributed by atoms with Gasteiger partial charge in [0.2, 0.25) is 0 Å². The van der Waals surface area contributed by atoms with Gasteiger partial charge >= 0.3 is 0 Å². The first-order valence-electron chi connectivity index (χ1n) is 12.5. The lowest BCUT2D eigenvalue weighted by Crippen LogP contribution is -1.99. The first kappa shape index (κ1) is 20.9. The quantitative estimate of drug-likeness (QED) is 0.246. The lowest BCUT2D eigenvalue weighted by Gasteiger charge is -2.17. The first-order chi connectivity index (χ1) is 16.7. The minimum absolute atomic E-state index is 0.571. The Bertz CT molecular complexity index is 1550. The monoisotopic (exact) mass is 438 g/mol. The molecule has 1 atom stereocenters. The molecule has 0 nitrogen and oxygen atoms in total. The number of benzene rings is 5. The second-order valence-electron chi connectivity index (χ2n) is 9.80. The van der Waals surface area contributed by atoms with Gasteiger partial charge in [-0.2, -0.15) is 0 Å². The molecule has 0 aromatic heterocycles. The van der Waals surface area contributed by atoms with Gasteiger partial charge in [-0.05, 0) is 106 Å². The molecule has 0 heteroatoms. The predicted octanol–water partition coefficient (Wildman–Crippen LogP) is 9.77. The van der Waals surface area contributed by atoms with E-state index in [0.717, 1.165) is 0 Å². The highest BCUT2D eigenvalue weighted by molar-refractivity contribution is 6.01. The third-order valence-electron chi connectivity index (χ3n) is 7.52. The van der Waals surface area contributed by atoms with Crippen molar-refractivity contribution in [1.82, 2.24) is 0 Å². The summed E-state index contributed by atoms with van der Waals surface area (Å²) in [6.07, 6.45) is 8.52. The Balaban J connectivity index is 1.45. The van der Waals surface area contributed by atoms with E-state index in [9.17, 15) is 0 Å². The molecule has 0 saturated carbocycles. The summed E-state index contributed by atoms with van der Waals surface area (Å²) in [5, 5.41) is 5.26. The van der Waals surface area contributed by atoms with Gasteiger partial charge in [0, 0.05) is 5.92 Å². The van der Waals surface area contributed by atoms with E-state index < -0.39 is 0 Å². The molecule has 1 aliphatic rings. The highest BCUT2D eigenvalue weighted by Crippen LogP contribution is 2.37. The molecule has 166 valence electrons. The lowest BCUT2D eigenvalue weighted by molar-refractivity contribution is 0.655. The van der Waals surface area contributed by atoms with Crippen LogP contribution in [0.1, 0.15) is 41.9 Å². The van der Waals surface area contributed by atoms with Crippen molar-refractivity contribution in [2.45, 2.75) is 39.0 Å². The molecule has 0 radical (unpaired) electrons. The van der Waals surface area contributed by atoms with Gasteiger partial charge < -0.3 is 0 Å². The van der Waals surface area contributed by atoms with Gasteiger partial charge in [0.25, 0.3) is 0 Å². The highest BCUT2D eigenvalue weighted by Gasteiger charge is 2.13. The van der Waals surface area contributed by atoms with Gasteiger partial charge in [-0.1, -0.05) is 91.0 Å². The SMILES string of the molecule is Cc1ccccc1-c1c(C)ccc2ccc(-c3ccc4cc(C5C=CCCC5)ccc4c3)cc12. The number of rotatable bonds is 3. The molecule has 5 aromatic carbocycles. The minimum Gasteiger partial charge on any atom is -0.0879 e. The molecule has 0 heterocycles. The average Bonchev–Trinajstić information content (AvgIpc) is 2.89. The standard InChI is InChI=1S/C34H30/c1-23-8-6-7-11-32(23)34-24(2)12-13-26-14-15-31(22-33(26)34)30-19-18-28-20-27(16-17-29(28)21-30)25-9-4-3-5-10-25/h4,6-9,11-22,25H,3,5,10H2,1-2H3. The van der Waals surface area contributed by atoms with E-state index in [1.54, 1.807) is 0 Å². The molecule has 0 bridgehead atoms. The Kier molecular flexibility index (Phi) is 5.30. The normalized spacial score (nSPS) is 15.8. The van der Waals surface area contributed by atoms with Crippen LogP contribution in [0.4, 0.5) is 0 Å². The Morgan fingerprint density at radius 3 is 2.21 bits per heavy atom. The van der Waals surface area contributed by atoms with Crippen LogP contribution in [0.15, 0.2) is 103 Å². The van der Waals surface area contributed by atoms with Gasteiger partial charge in [0.15, 0.2) is 0 Å². The summed E-state index contributed by atoms with van der Waals surface area (Å²) in [6.45, 7) is 4.43. The molecule has 34 heavy (non-hydrogen) atoms. The van der Waals surface area contributed by atoms with Gasteiger partial charge in [-0.15, -0.1) is 0 Å². The molecule has 1 aliphatic carbocycles. The van der Waals surface area contributed by atoms with Crippen LogP contribution in [0.5, 0.6) is 0 Å². The zero-order valence-corrected chi connectivity index (χ0v) is 20.0. The fourth-order valence-electron chi connectivity index (χ4n) is 5.58. The van der Waals surface area contributed by atoms with Gasteiger partial charge in [-0.3, -0.25) is 0 Å². The molecule has 0 N–H and O–H groups in total. The average molecular weight is 439 g/mol. The van der Waals surface area contributed by atoms with E-state index >= 15 is 0 Å². The second-order valence-corrected chi connectivity index (χ2v) is 9.80. The highest BCUT2D eigenvalue weighted by atomic mass is 14.2. The number of hydrogen-bond acceptors (Lipinski definition) is 0. The van der Waals surface area contributed by atoms with Crippen molar-refractivity contribution in [3.63, 3.8) is 0 Å². The minimum atomic E-state index is 0.571. The topological polar surface area (TPSA) is 0 Å². The largest absolute Gasteiger partial charge is 0.0879 e. The van der Waals surface area contributed by atoms with E-state index in [-0.39, 0.29) is 0 Å². The summed E-state index contributed by atoms with van der Waals surface area (Å²) in [5.41, 5.74) is 9.31. The number of allylic oxidation sites excluding steroid dienone is 2. The Hall–Kier alpha value is -3.64. The second kappa shape index (κ2) is 8.61. The Labute approximate surface area is 202 Å². The summed E-state index contributed by atoms with van der Waals surface area (Å²) in [7, 11) is 0. The maximum atomic E-state index is 2.39. The van der Waals surface area contributed by atoms with Crippen molar-refractivity contribution in [1.29, 1.82) is 0 Å². The van der Waals surface area contributed by atoms with Gasteiger partial charge in [0.1, 0.15) is 0 Å². The van der Waals surface area contributed by atoms with Crippen LogP contribution in [0.3, 0.4) is 0 Å². The molecule has 1 unspecified atom stereocenters. The van der Waals surface area contributed by atoms with E-state index in [0.29, 0.717) is 5.92 Å². The van der Waals surface area contributed by atoms with Crippen LogP contribution in [-0.4, -0.2) is 0 Å². The molecule has 5 aromatic rings. The van der Waals surface area contributed by atoms with Gasteiger partial charge in [-0.25, -0.2) is 0 Å². The molecule has 0 amide bonds. The summed E-state index contributed by atoms with van der Waals surface area (Å²) < 4.78 is 0. The zero-order valence-electron chi connectivity index (χ0n) is 20.0. The van der Waals surface area contributed by atoms with Gasteiger partial charge in [0.05, 0.1) is 0 Å². The Morgan fingerprint density at radius 1 is 0.647 bits per heavy atom. The third kappa shape index (κ3) is 3.74. The van der Waals surface area contributed by atoms with E-state index in [4.69, 9.17) is 0 Å². The van der Waals surface area contributed by atoms with Crippen LogP contribution in [-0.2, 0) is 0 Å². The van der Waals surface area contributed by atoms with E-state index in [1.807, 2.05) is 0 Å². The Morgan fingerprint density at radius 2 is 1.38 bits per heavy atom. The summed E-state index contributed by atoms with van der Waals surface area (Å²) >= 11 is 0. The van der Waals surface area contributed by atoms with Crippen LogP contribution in [0.2, 0.25) is 0 Å². The molecule has 0 spiro atoms. The van der Waals surface area contributed by atoms with Crippen LogP contribution < -0.4 is 0 Å². The molecular formula is C34H30. The first-order valence-corrected chi connectivity index (χ1v) is 12.5. The molecule has 0 aliphatic heterocycles. The predicted molar refractivity (Wildman–Crippen MR) is 148 cm³/mol. The van der Waals surface area contributed by atoms with Crippen molar-refractivity contribution < 1.29 is 0 Å². The van der Waals surface area contributed by atoms with E-state index in [1.165, 1.54) is 79.8 Å². The van der Waals surface area contributed by atoms with Crippen molar-refractivity contribution in [3.05, 3.63) is 120 Å². The summed E-state index contributed by atoms with van der Waals surface area (Å²) in [5.74, 6) is 0.571. The summed E-state index contributed by atoms with van der Waals surface area (Å²) in [4.78, 5) is 0. The maximum absolute atomic E-state index is 2.39. The summed E-state index contributed by atoms with van der Waals surface area (Å²) in [6, 6.07) is 34.1. The molecule has 0 saturated heterocycles. The van der Waals surface area contributed by atoms with Crippen LogP contribution >= 0.6 is 0 Å². The molecule has 6 rings (SSSR count). The number of fused-ring (bicyclic) bond motifs is 2. The lowest BCUT2D eigenvalue weighted by atomic mass is 9.87. The van der Waals surface area contributed by atoms with Crippen molar-refractivity contribution in [2.75, 3.05) is 0 Å². The molecule has 0 fully saturated rings. The zero-order chi connectivity index (χ0) is 23.1. The molecular weight excluding hydrogens is 408 g/mol. The van der Waals surface area contributed by atoms with Crippen molar-refractivity contribution in [2.24, 2.45) is 0 Å². The smallest absolute Gasteiger partial charge is 0.00183 e. The fourth-order valence-corrected chi connectivity index (χ4v) is 5.58. The third-order valence-corrected chi connectivity index (χ3v) is 7.52. The maximum Gasteiger partial charge on any atom is 0.00183 e. The van der Waals surface area contributed by atoms with Crippen molar-refractivity contribution >= 4 is 21.5 Å². The van der Waals surface area contributed by atoms with Crippen LogP contribution in [0, 0.1) is 13.8 Å². The van der Waals surface area contributed by atoms with E-state index in [2.05, 4.69) is 117 Å². The van der Waals surface area contributed by atoms with Crippen LogP contribution in [0.25, 0.3) is 43.8 Å². The number of aryl methyl sites for hydroxylation is 2. The van der Waals surface area contributed by atoms with Crippen molar-refractivity contribution in [3.8, 4) is 22.3 Å². The fraction of sp³-hybridized carbons (Fsp3) is 0.176. The number of hydrogen-bond donors (Lipinski definition) is 0.